The Hall–Kier alpha value is -1.20. The second-order valence-electron chi connectivity index (χ2n) is 3.63. The fourth-order valence-corrected chi connectivity index (χ4v) is 1.38. The van der Waals surface area contributed by atoms with Crippen LogP contribution in [0.1, 0.15) is 39.5 Å². The molecule has 0 N–H and O–H groups in total. The Labute approximate surface area is 98.3 Å². The van der Waals surface area contributed by atoms with Crippen molar-refractivity contribution in [3.63, 3.8) is 0 Å². The zero-order valence-electron chi connectivity index (χ0n) is 10.2. The molecule has 16 heavy (non-hydrogen) atoms. The van der Waals surface area contributed by atoms with Gasteiger partial charge in [0.1, 0.15) is 5.76 Å². The smallest absolute Gasteiger partial charge is 0.220 e. The third-order valence-corrected chi connectivity index (χ3v) is 2.22. The molecule has 2 nitrogen and oxygen atoms in total. The van der Waals surface area contributed by atoms with Crippen molar-refractivity contribution in [1.82, 2.24) is 0 Å². The van der Waals surface area contributed by atoms with E-state index in [1.807, 2.05) is 25.2 Å². The van der Waals surface area contributed by atoms with Crippen LogP contribution in [-0.4, -0.2) is 12.9 Å². The molecule has 0 bridgehead atoms. The van der Waals surface area contributed by atoms with E-state index in [0.29, 0.717) is 6.61 Å². The molecule has 0 aromatic carbocycles. The van der Waals surface area contributed by atoms with Gasteiger partial charge in [0, 0.05) is 19.1 Å². The summed E-state index contributed by atoms with van der Waals surface area (Å²) in [5.74, 6) is 6.91. The summed E-state index contributed by atoms with van der Waals surface area (Å²) in [6, 6.07) is 0. The van der Waals surface area contributed by atoms with Gasteiger partial charge in [-0.15, -0.1) is 0 Å². The maximum absolute atomic E-state index is 5.45. The molecule has 1 atom stereocenters. The molecule has 1 heterocycles. The third-order valence-electron chi connectivity index (χ3n) is 2.22. The van der Waals surface area contributed by atoms with Gasteiger partial charge >= 0.3 is 0 Å². The van der Waals surface area contributed by atoms with Gasteiger partial charge in [0.25, 0.3) is 0 Å². The van der Waals surface area contributed by atoms with Crippen LogP contribution >= 0.6 is 0 Å². The van der Waals surface area contributed by atoms with Gasteiger partial charge in [-0.25, -0.2) is 0 Å². The number of hydrogen-bond donors (Lipinski definition) is 0. The van der Waals surface area contributed by atoms with Crippen molar-refractivity contribution >= 4 is 0 Å². The third kappa shape index (κ3) is 5.04. The van der Waals surface area contributed by atoms with Crippen molar-refractivity contribution < 1.29 is 9.47 Å². The summed E-state index contributed by atoms with van der Waals surface area (Å²) in [5, 5.41) is 0. The van der Waals surface area contributed by atoms with Gasteiger partial charge in [0.2, 0.25) is 6.29 Å². The molecule has 88 valence electrons. The fourth-order valence-electron chi connectivity index (χ4n) is 1.38. The predicted octanol–water partition coefficient (Wildman–Crippen LogP) is 3.40. The van der Waals surface area contributed by atoms with Crippen LogP contribution in [0.15, 0.2) is 24.0 Å². The summed E-state index contributed by atoms with van der Waals surface area (Å²) in [5.41, 5.74) is 0. The summed E-state index contributed by atoms with van der Waals surface area (Å²) in [4.78, 5) is 0. The van der Waals surface area contributed by atoms with E-state index in [2.05, 4.69) is 18.8 Å². The molecule has 0 saturated carbocycles. The van der Waals surface area contributed by atoms with Crippen molar-refractivity contribution in [2.45, 2.75) is 45.8 Å². The van der Waals surface area contributed by atoms with Crippen LogP contribution in [0.2, 0.25) is 0 Å². The molecule has 0 fully saturated rings. The first-order valence-corrected chi connectivity index (χ1v) is 6.01. The first-order valence-electron chi connectivity index (χ1n) is 6.01. The van der Waals surface area contributed by atoms with Crippen LogP contribution in [0.3, 0.4) is 0 Å². The molecule has 0 radical (unpaired) electrons. The minimum Gasteiger partial charge on any atom is -0.461 e. The van der Waals surface area contributed by atoms with Gasteiger partial charge in [-0.05, 0) is 25.5 Å². The molecule has 2 heteroatoms. The minimum atomic E-state index is -0.224. The van der Waals surface area contributed by atoms with E-state index >= 15 is 0 Å². The summed E-state index contributed by atoms with van der Waals surface area (Å²) < 4.78 is 10.7. The van der Waals surface area contributed by atoms with Crippen molar-refractivity contribution in [2.75, 3.05) is 6.61 Å². The second kappa shape index (κ2) is 8.01. The Morgan fingerprint density at radius 2 is 2.31 bits per heavy atom. The normalized spacial score (nSPS) is 20.6. The number of allylic oxidation sites excluding steroid dienone is 2. The van der Waals surface area contributed by atoms with Crippen LogP contribution in [0, 0.1) is 11.8 Å². The standard InChI is InChI=1S/C14H20O2/c1-3-5-6-7-8-9-10-13-11-12-14(16-13)15-4-2/h10-12,14H,3-7H2,1-2H3/b13-10+. The lowest BCUT2D eigenvalue weighted by Gasteiger charge is -2.08. The Balaban J connectivity index is 2.23. The summed E-state index contributed by atoms with van der Waals surface area (Å²) in [6.07, 6.45) is 10.0. The van der Waals surface area contributed by atoms with Crippen molar-refractivity contribution in [2.24, 2.45) is 0 Å². The molecule has 0 amide bonds. The molecule has 1 unspecified atom stereocenters. The molecule has 0 aromatic rings. The van der Waals surface area contributed by atoms with E-state index in [0.717, 1.165) is 12.2 Å². The van der Waals surface area contributed by atoms with E-state index in [-0.39, 0.29) is 6.29 Å². The fraction of sp³-hybridized carbons (Fsp3) is 0.571. The first-order chi connectivity index (χ1) is 7.86. The first kappa shape index (κ1) is 12.9. The van der Waals surface area contributed by atoms with Crippen LogP contribution in [0.25, 0.3) is 0 Å². The van der Waals surface area contributed by atoms with Crippen LogP contribution < -0.4 is 0 Å². The van der Waals surface area contributed by atoms with Gasteiger partial charge in [0.05, 0.1) is 0 Å². The van der Waals surface area contributed by atoms with Gasteiger partial charge in [-0.2, -0.15) is 0 Å². The summed E-state index contributed by atoms with van der Waals surface area (Å²) in [7, 11) is 0. The molecule has 1 rings (SSSR count). The van der Waals surface area contributed by atoms with Gasteiger partial charge in [0.15, 0.2) is 0 Å². The highest BCUT2D eigenvalue weighted by Crippen LogP contribution is 2.15. The monoisotopic (exact) mass is 220 g/mol. The summed E-state index contributed by atoms with van der Waals surface area (Å²) in [6.45, 7) is 4.80. The zero-order valence-corrected chi connectivity index (χ0v) is 10.2. The van der Waals surface area contributed by atoms with Crippen molar-refractivity contribution in [3.8, 4) is 11.8 Å². The van der Waals surface area contributed by atoms with Crippen LogP contribution in [0.5, 0.6) is 0 Å². The second-order valence-corrected chi connectivity index (χ2v) is 3.63. The number of ether oxygens (including phenoxy) is 2. The lowest BCUT2D eigenvalue weighted by molar-refractivity contribution is -0.0660. The lowest BCUT2D eigenvalue weighted by Crippen LogP contribution is -2.08. The molecule has 0 aromatic heterocycles. The number of hydrogen-bond acceptors (Lipinski definition) is 2. The molecular formula is C14H20O2. The van der Waals surface area contributed by atoms with Crippen molar-refractivity contribution in [1.29, 1.82) is 0 Å². The van der Waals surface area contributed by atoms with Gasteiger partial charge in [-0.1, -0.05) is 31.6 Å². The van der Waals surface area contributed by atoms with E-state index in [1.165, 1.54) is 19.3 Å². The highest BCUT2D eigenvalue weighted by atomic mass is 16.7. The SMILES string of the molecule is CCCCCC#C/C=C1\C=CC(OCC)O1. The van der Waals surface area contributed by atoms with Crippen molar-refractivity contribution in [3.05, 3.63) is 24.0 Å². The zero-order chi connectivity index (χ0) is 11.6. The Kier molecular flexibility index (Phi) is 6.44. The predicted molar refractivity (Wildman–Crippen MR) is 65.6 cm³/mol. The highest BCUT2D eigenvalue weighted by molar-refractivity contribution is 5.27. The topological polar surface area (TPSA) is 18.5 Å². The average molecular weight is 220 g/mol. The van der Waals surface area contributed by atoms with Gasteiger partial charge < -0.3 is 9.47 Å². The highest BCUT2D eigenvalue weighted by Gasteiger charge is 2.12. The molecule has 1 aliphatic rings. The Morgan fingerprint density at radius 1 is 1.44 bits per heavy atom. The number of unbranched alkanes of at least 4 members (excludes halogenated alkanes) is 3. The molecule has 1 aliphatic heterocycles. The maximum atomic E-state index is 5.45. The molecular weight excluding hydrogens is 200 g/mol. The van der Waals surface area contributed by atoms with E-state index in [9.17, 15) is 0 Å². The minimum absolute atomic E-state index is 0.224. The quantitative estimate of drug-likeness (QED) is 0.522. The Bertz CT molecular complexity index is 304. The number of rotatable bonds is 5. The molecule has 0 aliphatic carbocycles. The van der Waals surface area contributed by atoms with E-state index in [1.54, 1.807) is 0 Å². The van der Waals surface area contributed by atoms with Gasteiger partial charge in [-0.3, -0.25) is 0 Å². The van der Waals surface area contributed by atoms with E-state index in [4.69, 9.17) is 9.47 Å². The molecule has 0 spiro atoms. The summed E-state index contributed by atoms with van der Waals surface area (Å²) >= 11 is 0. The molecule has 0 saturated heterocycles. The van der Waals surface area contributed by atoms with E-state index < -0.39 is 0 Å². The maximum Gasteiger partial charge on any atom is 0.220 e. The Morgan fingerprint density at radius 3 is 3.06 bits per heavy atom. The van der Waals surface area contributed by atoms with Crippen LogP contribution in [0.4, 0.5) is 0 Å². The average Bonchev–Trinajstić information content (AvgIpc) is 2.72. The lowest BCUT2D eigenvalue weighted by atomic mass is 10.2. The largest absolute Gasteiger partial charge is 0.461 e. The van der Waals surface area contributed by atoms with Crippen LogP contribution in [-0.2, 0) is 9.47 Å².